The van der Waals surface area contributed by atoms with Gasteiger partial charge in [-0.05, 0) is 19.8 Å². The molecule has 1 aliphatic heterocycles. The molecule has 0 aliphatic carbocycles. The Hall–Kier alpha value is -1.43. The first kappa shape index (κ1) is 13.0. The fraction of sp³-hybridized carbons (Fsp3) is 0.750. The largest absolute Gasteiger partial charge is 0.355 e. The second kappa shape index (κ2) is 5.95. The summed E-state index contributed by atoms with van der Waals surface area (Å²) in [5.74, 6) is 1.02. The minimum Gasteiger partial charge on any atom is -0.355 e. The van der Waals surface area contributed by atoms with Gasteiger partial charge in [-0.25, -0.2) is 4.98 Å². The summed E-state index contributed by atoms with van der Waals surface area (Å²) in [5, 5.41) is 10.5. The molecule has 1 amide bonds. The lowest BCUT2D eigenvalue weighted by atomic mass is 9.95. The van der Waals surface area contributed by atoms with Gasteiger partial charge in [0.25, 0.3) is 0 Å². The number of rotatable bonds is 4. The lowest BCUT2D eigenvalue weighted by molar-refractivity contribution is -0.125. The van der Waals surface area contributed by atoms with Crippen molar-refractivity contribution in [2.45, 2.75) is 32.2 Å². The van der Waals surface area contributed by atoms with Crippen molar-refractivity contribution in [3.05, 3.63) is 12.2 Å². The summed E-state index contributed by atoms with van der Waals surface area (Å²) in [5.41, 5.74) is 0. The van der Waals surface area contributed by atoms with Gasteiger partial charge in [0.2, 0.25) is 5.91 Å². The molecule has 1 aromatic heterocycles. The van der Waals surface area contributed by atoms with E-state index in [0.29, 0.717) is 19.0 Å². The molecule has 6 nitrogen and oxygen atoms in total. The van der Waals surface area contributed by atoms with Crippen LogP contribution in [-0.4, -0.2) is 39.8 Å². The van der Waals surface area contributed by atoms with Gasteiger partial charge in [-0.2, -0.15) is 5.10 Å². The van der Waals surface area contributed by atoms with Gasteiger partial charge in [-0.15, -0.1) is 0 Å². The van der Waals surface area contributed by atoms with Crippen LogP contribution < -0.4 is 10.6 Å². The van der Waals surface area contributed by atoms with E-state index in [-0.39, 0.29) is 11.8 Å². The highest BCUT2D eigenvalue weighted by Gasteiger charge is 2.23. The molecule has 0 aromatic carbocycles. The molecule has 0 bridgehead atoms. The van der Waals surface area contributed by atoms with E-state index in [2.05, 4.69) is 27.6 Å². The molecule has 2 unspecified atom stereocenters. The Morgan fingerprint density at radius 2 is 2.44 bits per heavy atom. The molecular formula is C12H21N5O. The highest BCUT2D eigenvalue weighted by molar-refractivity contribution is 5.78. The van der Waals surface area contributed by atoms with Gasteiger partial charge in [0, 0.05) is 32.6 Å². The average Bonchev–Trinajstić information content (AvgIpc) is 2.76. The topological polar surface area (TPSA) is 71.8 Å². The number of hydrogen-bond donors (Lipinski definition) is 2. The maximum absolute atomic E-state index is 11.9. The van der Waals surface area contributed by atoms with E-state index in [4.69, 9.17) is 0 Å². The van der Waals surface area contributed by atoms with Crippen LogP contribution in [0.3, 0.4) is 0 Å². The average molecular weight is 251 g/mol. The van der Waals surface area contributed by atoms with Crippen molar-refractivity contribution in [1.82, 2.24) is 25.4 Å². The van der Waals surface area contributed by atoms with Gasteiger partial charge >= 0.3 is 0 Å². The molecule has 2 N–H and O–H groups in total. The van der Waals surface area contributed by atoms with Crippen LogP contribution in [-0.2, 0) is 18.3 Å². The fourth-order valence-corrected chi connectivity index (χ4v) is 2.16. The Balaban J connectivity index is 1.68. The fourth-order valence-electron chi connectivity index (χ4n) is 2.16. The standard InChI is InChI=1S/C12H21N5O/c1-9-3-4-10(7-14-9)12(18)13-6-5-11-15-8-17(2)16-11/h8-10,14H,3-7H2,1-2H3,(H,13,18). The Labute approximate surface area is 107 Å². The summed E-state index contributed by atoms with van der Waals surface area (Å²) in [4.78, 5) is 16.0. The van der Waals surface area contributed by atoms with Gasteiger partial charge in [0.1, 0.15) is 6.33 Å². The van der Waals surface area contributed by atoms with Gasteiger partial charge in [-0.1, -0.05) is 0 Å². The molecule has 0 spiro atoms. The van der Waals surface area contributed by atoms with Crippen LogP contribution >= 0.6 is 0 Å². The van der Waals surface area contributed by atoms with Crippen LogP contribution in [0.2, 0.25) is 0 Å². The first-order valence-electron chi connectivity index (χ1n) is 6.51. The van der Waals surface area contributed by atoms with Crippen molar-refractivity contribution < 1.29 is 4.79 Å². The van der Waals surface area contributed by atoms with Crippen molar-refractivity contribution >= 4 is 5.91 Å². The van der Waals surface area contributed by atoms with Crippen molar-refractivity contribution in [3.63, 3.8) is 0 Å². The lowest BCUT2D eigenvalue weighted by Gasteiger charge is -2.26. The number of hydrogen-bond acceptors (Lipinski definition) is 4. The zero-order valence-electron chi connectivity index (χ0n) is 11.0. The second-order valence-electron chi connectivity index (χ2n) is 4.96. The molecule has 18 heavy (non-hydrogen) atoms. The van der Waals surface area contributed by atoms with Crippen LogP contribution in [0, 0.1) is 5.92 Å². The molecule has 2 heterocycles. The smallest absolute Gasteiger partial charge is 0.224 e. The van der Waals surface area contributed by atoms with Gasteiger partial charge in [-0.3, -0.25) is 9.48 Å². The Morgan fingerprint density at radius 1 is 1.61 bits per heavy atom. The van der Waals surface area contributed by atoms with E-state index >= 15 is 0 Å². The normalized spacial score (nSPS) is 23.9. The predicted octanol–water partition coefficient (Wildman–Crippen LogP) is -0.138. The summed E-state index contributed by atoms with van der Waals surface area (Å²) in [6.45, 7) is 3.55. The molecule has 2 atom stereocenters. The Morgan fingerprint density at radius 3 is 3.06 bits per heavy atom. The van der Waals surface area contributed by atoms with Gasteiger partial charge in [0.05, 0.1) is 5.92 Å². The van der Waals surface area contributed by atoms with Crippen molar-refractivity contribution in [2.75, 3.05) is 13.1 Å². The molecule has 1 fully saturated rings. The van der Waals surface area contributed by atoms with Gasteiger partial charge < -0.3 is 10.6 Å². The molecule has 1 saturated heterocycles. The van der Waals surface area contributed by atoms with Crippen LogP contribution in [0.4, 0.5) is 0 Å². The van der Waals surface area contributed by atoms with Crippen LogP contribution in [0.5, 0.6) is 0 Å². The number of piperidine rings is 1. The molecule has 0 saturated carbocycles. The van der Waals surface area contributed by atoms with E-state index in [0.717, 1.165) is 25.2 Å². The summed E-state index contributed by atoms with van der Waals surface area (Å²) in [6, 6.07) is 0.534. The molecule has 1 aliphatic rings. The highest BCUT2D eigenvalue weighted by Crippen LogP contribution is 2.13. The summed E-state index contributed by atoms with van der Waals surface area (Å²) in [7, 11) is 1.84. The lowest BCUT2D eigenvalue weighted by Crippen LogP contribution is -2.44. The third-order valence-electron chi connectivity index (χ3n) is 3.33. The maximum atomic E-state index is 11.9. The van der Waals surface area contributed by atoms with E-state index in [1.54, 1.807) is 11.0 Å². The van der Waals surface area contributed by atoms with E-state index < -0.39 is 0 Å². The predicted molar refractivity (Wildman–Crippen MR) is 67.9 cm³/mol. The molecule has 6 heteroatoms. The van der Waals surface area contributed by atoms with E-state index in [9.17, 15) is 4.79 Å². The first-order chi connectivity index (χ1) is 8.65. The third-order valence-corrected chi connectivity index (χ3v) is 3.33. The second-order valence-corrected chi connectivity index (χ2v) is 4.96. The van der Waals surface area contributed by atoms with Crippen LogP contribution in [0.1, 0.15) is 25.6 Å². The zero-order chi connectivity index (χ0) is 13.0. The van der Waals surface area contributed by atoms with Gasteiger partial charge in [0.15, 0.2) is 5.82 Å². The number of carbonyl (C=O) groups excluding carboxylic acids is 1. The minimum absolute atomic E-state index is 0.109. The highest BCUT2D eigenvalue weighted by atomic mass is 16.1. The quantitative estimate of drug-likeness (QED) is 0.781. The van der Waals surface area contributed by atoms with Crippen molar-refractivity contribution in [3.8, 4) is 0 Å². The summed E-state index contributed by atoms with van der Waals surface area (Å²) < 4.78 is 1.67. The van der Waals surface area contributed by atoms with E-state index in [1.807, 2.05) is 7.05 Å². The summed E-state index contributed by atoms with van der Waals surface area (Å²) in [6.07, 6.45) is 4.40. The number of nitrogens with zero attached hydrogens (tertiary/aromatic N) is 3. The minimum atomic E-state index is 0.109. The number of aryl methyl sites for hydroxylation is 1. The number of aromatic nitrogens is 3. The van der Waals surface area contributed by atoms with Crippen molar-refractivity contribution in [1.29, 1.82) is 0 Å². The Bertz CT molecular complexity index is 395. The summed E-state index contributed by atoms with van der Waals surface area (Å²) >= 11 is 0. The van der Waals surface area contributed by atoms with E-state index in [1.165, 1.54) is 0 Å². The molecular weight excluding hydrogens is 230 g/mol. The third kappa shape index (κ3) is 3.53. The van der Waals surface area contributed by atoms with Crippen LogP contribution in [0.25, 0.3) is 0 Å². The number of nitrogens with one attached hydrogen (secondary N) is 2. The Kier molecular flexibility index (Phi) is 4.30. The van der Waals surface area contributed by atoms with Crippen LogP contribution in [0.15, 0.2) is 6.33 Å². The number of amides is 1. The molecule has 2 rings (SSSR count). The SMILES string of the molecule is CC1CCC(C(=O)NCCc2ncn(C)n2)CN1. The first-order valence-corrected chi connectivity index (χ1v) is 6.51. The monoisotopic (exact) mass is 251 g/mol. The number of carbonyl (C=O) groups is 1. The molecule has 100 valence electrons. The van der Waals surface area contributed by atoms with Crippen molar-refractivity contribution in [2.24, 2.45) is 13.0 Å². The molecule has 0 radical (unpaired) electrons. The zero-order valence-corrected chi connectivity index (χ0v) is 11.0. The maximum Gasteiger partial charge on any atom is 0.224 e. The molecule has 1 aromatic rings.